The molecule has 2 N–H and O–H groups in total. The van der Waals surface area contributed by atoms with E-state index in [2.05, 4.69) is 15.2 Å². The number of amides is 2. The quantitative estimate of drug-likeness (QED) is 0.870. The molecule has 2 amide bonds. The lowest BCUT2D eigenvalue weighted by Crippen LogP contribution is -2.51. The predicted molar refractivity (Wildman–Crippen MR) is 81.4 cm³/mol. The van der Waals surface area contributed by atoms with E-state index in [-0.39, 0.29) is 17.9 Å². The Kier molecular flexibility index (Phi) is 5.25. The lowest BCUT2D eigenvalue weighted by molar-refractivity contribution is -0.123. The molecular weight excluding hydrogens is 292 g/mol. The second kappa shape index (κ2) is 6.95. The molecule has 0 saturated carbocycles. The maximum absolute atomic E-state index is 12.2. The molecule has 1 saturated heterocycles. The fourth-order valence-corrected chi connectivity index (χ4v) is 2.51. The van der Waals surface area contributed by atoms with Crippen molar-refractivity contribution in [1.29, 1.82) is 0 Å². The minimum absolute atomic E-state index is 0.0286. The fraction of sp³-hybridized carbons (Fsp3) is 0.571. The van der Waals surface area contributed by atoms with Gasteiger partial charge in [0.2, 0.25) is 5.91 Å². The third kappa shape index (κ3) is 4.47. The highest BCUT2D eigenvalue weighted by Gasteiger charge is 2.24. The van der Waals surface area contributed by atoms with Crippen molar-refractivity contribution in [3.8, 4) is 0 Å². The number of carbonyl (C=O) groups excluding carboxylic acids is 2. The van der Waals surface area contributed by atoms with E-state index in [9.17, 15) is 9.59 Å². The van der Waals surface area contributed by atoms with E-state index in [1.807, 2.05) is 13.8 Å². The van der Waals surface area contributed by atoms with Gasteiger partial charge >= 0.3 is 0 Å². The summed E-state index contributed by atoms with van der Waals surface area (Å²) >= 11 is 5.81. The SMILES string of the molecule is CC(C)NC(=O)CN1CCN(C(=O)c2cc(Cl)c[nH]2)CC1. The number of piperazine rings is 1. The van der Waals surface area contributed by atoms with Crippen LogP contribution >= 0.6 is 11.6 Å². The van der Waals surface area contributed by atoms with Crippen LogP contribution in [0.25, 0.3) is 0 Å². The Hall–Kier alpha value is -1.53. The second-order valence-corrected chi connectivity index (χ2v) is 5.96. The summed E-state index contributed by atoms with van der Waals surface area (Å²) in [6, 6.07) is 1.78. The van der Waals surface area contributed by atoms with Gasteiger partial charge in [-0.2, -0.15) is 0 Å². The molecule has 1 aliphatic rings. The number of halogens is 1. The van der Waals surface area contributed by atoms with Crippen molar-refractivity contribution >= 4 is 23.4 Å². The highest BCUT2D eigenvalue weighted by atomic mass is 35.5. The van der Waals surface area contributed by atoms with Crippen LogP contribution in [0.15, 0.2) is 12.3 Å². The molecule has 0 aliphatic carbocycles. The maximum atomic E-state index is 12.2. The number of H-pyrrole nitrogens is 1. The molecule has 7 heteroatoms. The molecule has 2 heterocycles. The summed E-state index contributed by atoms with van der Waals surface area (Å²) in [4.78, 5) is 30.6. The molecule has 21 heavy (non-hydrogen) atoms. The molecular formula is C14H21ClN4O2. The molecule has 1 aromatic heterocycles. The van der Waals surface area contributed by atoms with Gasteiger partial charge in [0.05, 0.1) is 11.6 Å². The van der Waals surface area contributed by atoms with Crippen molar-refractivity contribution in [3.05, 3.63) is 23.0 Å². The molecule has 116 valence electrons. The van der Waals surface area contributed by atoms with Crippen LogP contribution in [0.1, 0.15) is 24.3 Å². The Balaban J connectivity index is 1.80. The largest absolute Gasteiger partial charge is 0.356 e. The van der Waals surface area contributed by atoms with Gasteiger partial charge in [-0.15, -0.1) is 0 Å². The van der Waals surface area contributed by atoms with Gasteiger partial charge in [0.15, 0.2) is 0 Å². The van der Waals surface area contributed by atoms with Gasteiger partial charge in [0, 0.05) is 38.4 Å². The number of nitrogens with one attached hydrogen (secondary N) is 2. The van der Waals surface area contributed by atoms with Crippen LogP contribution in [-0.4, -0.2) is 65.4 Å². The van der Waals surface area contributed by atoms with Crippen LogP contribution in [0.3, 0.4) is 0 Å². The van der Waals surface area contributed by atoms with Gasteiger partial charge in [-0.3, -0.25) is 14.5 Å². The monoisotopic (exact) mass is 312 g/mol. The molecule has 0 spiro atoms. The van der Waals surface area contributed by atoms with Crippen LogP contribution in [0.2, 0.25) is 5.02 Å². The topological polar surface area (TPSA) is 68.4 Å². The molecule has 1 aliphatic heterocycles. The van der Waals surface area contributed by atoms with E-state index in [4.69, 9.17) is 11.6 Å². The summed E-state index contributed by atoms with van der Waals surface area (Å²) < 4.78 is 0. The van der Waals surface area contributed by atoms with Crippen LogP contribution in [0.4, 0.5) is 0 Å². The van der Waals surface area contributed by atoms with E-state index in [1.54, 1.807) is 17.2 Å². The van der Waals surface area contributed by atoms with Crippen molar-refractivity contribution in [2.45, 2.75) is 19.9 Å². The summed E-state index contributed by atoms with van der Waals surface area (Å²) in [5.41, 5.74) is 0.506. The van der Waals surface area contributed by atoms with Crippen LogP contribution in [0, 0.1) is 0 Å². The third-order valence-electron chi connectivity index (χ3n) is 3.35. The molecule has 2 rings (SSSR count). The van der Waals surface area contributed by atoms with E-state index >= 15 is 0 Å². The Morgan fingerprint density at radius 1 is 1.33 bits per heavy atom. The maximum Gasteiger partial charge on any atom is 0.270 e. The zero-order chi connectivity index (χ0) is 15.4. The first-order valence-corrected chi connectivity index (χ1v) is 7.48. The predicted octanol–water partition coefficient (Wildman–Crippen LogP) is 0.951. The zero-order valence-electron chi connectivity index (χ0n) is 12.4. The Bertz CT molecular complexity index is 507. The summed E-state index contributed by atoms with van der Waals surface area (Å²) in [7, 11) is 0. The van der Waals surface area contributed by atoms with Crippen molar-refractivity contribution < 1.29 is 9.59 Å². The standard InChI is InChI=1S/C14H21ClN4O2/c1-10(2)17-13(20)9-18-3-5-19(6-4-18)14(21)12-7-11(15)8-16-12/h7-8,10,16H,3-6,9H2,1-2H3,(H,17,20). The summed E-state index contributed by atoms with van der Waals surface area (Å²) in [5, 5.41) is 3.40. The normalized spacial score (nSPS) is 16.3. The van der Waals surface area contributed by atoms with Gasteiger partial charge in [-0.05, 0) is 19.9 Å². The van der Waals surface area contributed by atoms with Gasteiger partial charge in [-0.25, -0.2) is 0 Å². The number of carbonyl (C=O) groups is 2. The number of rotatable bonds is 4. The second-order valence-electron chi connectivity index (χ2n) is 5.52. The molecule has 0 aromatic carbocycles. The highest BCUT2D eigenvalue weighted by molar-refractivity contribution is 6.30. The van der Waals surface area contributed by atoms with Gasteiger partial charge < -0.3 is 15.2 Å². The Morgan fingerprint density at radius 2 is 2.00 bits per heavy atom. The summed E-state index contributed by atoms with van der Waals surface area (Å²) in [6.45, 7) is 6.90. The molecule has 1 fully saturated rings. The van der Waals surface area contributed by atoms with Crippen LogP contribution < -0.4 is 5.32 Å². The first kappa shape index (κ1) is 15.9. The number of aromatic nitrogens is 1. The minimum Gasteiger partial charge on any atom is -0.356 e. The minimum atomic E-state index is -0.0480. The molecule has 6 nitrogen and oxygen atoms in total. The van der Waals surface area contributed by atoms with Gasteiger partial charge in [-0.1, -0.05) is 11.6 Å². The molecule has 0 bridgehead atoms. The zero-order valence-corrected chi connectivity index (χ0v) is 13.1. The molecule has 1 aromatic rings. The average Bonchev–Trinajstić information content (AvgIpc) is 2.84. The van der Waals surface area contributed by atoms with E-state index in [0.717, 1.165) is 0 Å². The Morgan fingerprint density at radius 3 is 2.52 bits per heavy atom. The number of hydrogen-bond donors (Lipinski definition) is 2. The van der Waals surface area contributed by atoms with Crippen LogP contribution in [-0.2, 0) is 4.79 Å². The third-order valence-corrected chi connectivity index (χ3v) is 3.57. The van der Waals surface area contributed by atoms with Crippen molar-refractivity contribution in [2.24, 2.45) is 0 Å². The van der Waals surface area contributed by atoms with E-state index in [1.165, 1.54) is 0 Å². The van der Waals surface area contributed by atoms with Gasteiger partial charge in [0.25, 0.3) is 5.91 Å². The lowest BCUT2D eigenvalue weighted by Gasteiger charge is -2.34. The Labute approximate surface area is 129 Å². The van der Waals surface area contributed by atoms with Crippen molar-refractivity contribution in [3.63, 3.8) is 0 Å². The van der Waals surface area contributed by atoms with Crippen molar-refractivity contribution in [1.82, 2.24) is 20.1 Å². The molecule has 0 atom stereocenters. The molecule has 0 unspecified atom stereocenters. The van der Waals surface area contributed by atoms with Gasteiger partial charge in [0.1, 0.15) is 5.69 Å². The highest BCUT2D eigenvalue weighted by Crippen LogP contribution is 2.13. The van der Waals surface area contributed by atoms with Crippen LogP contribution in [0.5, 0.6) is 0 Å². The number of aromatic amines is 1. The van der Waals surface area contributed by atoms with Crippen molar-refractivity contribution in [2.75, 3.05) is 32.7 Å². The average molecular weight is 313 g/mol. The first-order valence-electron chi connectivity index (χ1n) is 7.10. The lowest BCUT2D eigenvalue weighted by atomic mass is 10.2. The summed E-state index contributed by atoms with van der Waals surface area (Å²) in [5.74, 6) is -0.0193. The smallest absolute Gasteiger partial charge is 0.270 e. The molecule has 0 radical (unpaired) electrons. The number of nitrogens with zero attached hydrogens (tertiary/aromatic N) is 2. The van der Waals surface area contributed by atoms with E-state index < -0.39 is 0 Å². The summed E-state index contributed by atoms with van der Waals surface area (Å²) in [6.07, 6.45) is 1.60. The first-order chi connectivity index (χ1) is 9.95. The van der Waals surface area contributed by atoms with E-state index in [0.29, 0.717) is 43.4 Å². The number of hydrogen-bond acceptors (Lipinski definition) is 3. The fourth-order valence-electron chi connectivity index (χ4n) is 2.34.